The Morgan fingerprint density at radius 3 is 2.83 bits per heavy atom. The van der Waals surface area contributed by atoms with Gasteiger partial charge in [-0.05, 0) is 43.4 Å². The monoisotopic (exact) mass is 318 g/mol. The number of carbonyl (C=O) groups is 2. The van der Waals surface area contributed by atoms with E-state index in [2.05, 4.69) is 17.7 Å². The molecule has 2 aliphatic rings. The first-order chi connectivity index (χ1) is 11.1. The fourth-order valence-corrected chi connectivity index (χ4v) is 2.64. The summed E-state index contributed by atoms with van der Waals surface area (Å²) in [5, 5.41) is 2.85. The zero-order valence-electron chi connectivity index (χ0n) is 13.2. The summed E-state index contributed by atoms with van der Waals surface area (Å²) in [6.07, 6.45) is 3.38. The summed E-state index contributed by atoms with van der Waals surface area (Å²) in [5.74, 6) is 0.210. The van der Waals surface area contributed by atoms with Crippen LogP contribution in [0.25, 0.3) is 0 Å². The van der Waals surface area contributed by atoms with Gasteiger partial charge in [-0.15, -0.1) is 0 Å². The van der Waals surface area contributed by atoms with Gasteiger partial charge in [0.05, 0.1) is 0 Å². The Morgan fingerprint density at radius 1 is 1.30 bits per heavy atom. The molecular formula is C17H22N2O4. The Balaban J connectivity index is 1.53. The summed E-state index contributed by atoms with van der Waals surface area (Å²) in [5.41, 5.74) is 3.47. The van der Waals surface area contributed by atoms with Crippen LogP contribution in [0.15, 0.2) is 24.3 Å². The lowest BCUT2D eigenvalue weighted by molar-refractivity contribution is -0.186. The van der Waals surface area contributed by atoms with E-state index in [0.717, 1.165) is 25.7 Å². The van der Waals surface area contributed by atoms with Gasteiger partial charge in [0, 0.05) is 30.2 Å². The molecule has 124 valence electrons. The number of amides is 2. The van der Waals surface area contributed by atoms with E-state index in [1.807, 2.05) is 0 Å². The Bertz CT molecular complexity index is 584. The van der Waals surface area contributed by atoms with Gasteiger partial charge in [0.1, 0.15) is 0 Å². The van der Waals surface area contributed by atoms with Gasteiger partial charge in [-0.1, -0.05) is 13.0 Å². The van der Waals surface area contributed by atoms with Crippen LogP contribution in [0.2, 0.25) is 0 Å². The number of hydrogen-bond acceptors (Lipinski definition) is 4. The van der Waals surface area contributed by atoms with Crippen molar-refractivity contribution < 1.29 is 19.2 Å². The molecule has 0 spiro atoms. The van der Waals surface area contributed by atoms with Crippen molar-refractivity contribution in [3.8, 4) is 0 Å². The molecule has 2 amide bonds. The highest BCUT2D eigenvalue weighted by Crippen LogP contribution is 2.38. The number of anilines is 1. The third-order valence-electron chi connectivity index (χ3n) is 4.26. The smallest absolute Gasteiger partial charge is 0.275 e. The molecule has 1 saturated heterocycles. The minimum absolute atomic E-state index is 0.0157. The lowest BCUT2D eigenvalue weighted by atomic mass is 10.2. The number of ether oxygens (including phenoxy) is 1. The summed E-state index contributed by atoms with van der Waals surface area (Å²) < 4.78 is 5.39. The van der Waals surface area contributed by atoms with Gasteiger partial charge in [0.2, 0.25) is 5.91 Å². The van der Waals surface area contributed by atoms with Crippen LogP contribution in [0.4, 0.5) is 5.69 Å². The normalized spacial score (nSPS) is 26.4. The zero-order valence-corrected chi connectivity index (χ0v) is 13.2. The molecule has 3 rings (SSSR count). The number of hydrogen-bond donors (Lipinski definition) is 2. The van der Waals surface area contributed by atoms with Crippen molar-refractivity contribution in [2.24, 2.45) is 11.8 Å². The SMILES string of the molecule is CC1CC1C(=O)Nc1cccc(C(=O)NOC2CCCCO2)c1. The fourth-order valence-electron chi connectivity index (χ4n) is 2.64. The van der Waals surface area contributed by atoms with Gasteiger partial charge in [0.15, 0.2) is 6.29 Å². The van der Waals surface area contributed by atoms with Crippen molar-refractivity contribution in [3.05, 3.63) is 29.8 Å². The molecule has 6 nitrogen and oxygen atoms in total. The topological polar surface area (TPSA) is 76.7 Å². The van der Waals surface area contributed by atoms with Crippen LogP contribution in [-0.2, 0) is 14.4 Å². The molecule has 1 aliphatic heterocycles. The Kier molecular flexibility index (Phi) is 4.93. The molecule has 1 aromatic rings. The molecule has 3 unspecified atom stereocenters. The van der Waals surface area contributed by atoms with Crippen LogP contribution < -0.4 is 10.8 Å². The van der Waals surface area contributed by atoms with E-state index in [-0.39, 0.29) is 24.0 Å². The lowest BCUT2D eigenvalue weighted by Gasteiger charge is -2.22. The van der Waals surface area contributed by atoms with Crippen LogP contribution in [-0.4, -0.2) is 24.7 Å². The van der Waals surface area contributed by atoms with Crippen molar-refractivity contribution in [1.82, 2.24) is 5.48 Å². The van der Waals surface area contributed by atoms with Crippen LogP contribution in [0.1, 0.15) is 43.0 Å². The molecular weight excluding hydrogens is 296 g/mol. The van der Waals surface area contributed by atoms with Crippen molar-refractivity contribution >= 4 is 17.5 Å². The van der Waals surface area contributed by atoms with Crippen LogP contribution in [0.3, 0.4) is 0 Å². The first-order valence-electron chi connectivity index (χ1n) is 8.12. The molecule has 2 fully saturated rings. The van der Waals surface area contributed by atoms with Gasteiger partial charge in [-0.25, -0.2) is 10.3 Å². The van der Waals surface area contributed by atoms with E-state index < -0.39 is 0 Å². The second kappa shape index (κ2) is 7.10. The Morgan fingerprint density at radius 2 is 2.13 bits per heavy atom. The maximum atomic E-state index is 12.1. The summed E-state index contributed by atoms with van der Waals surface area (Å²) in [6, 6.07) is 6.83. The predicted octanol–water partition coefficient (Wildman–Crippen LogP) is 2.47. The van der Waals surface area contributed by atoms with E-state index in [9.17, 15) is 9.59 Å². The number of nitrogens with one attached hydrogen (secondary N) is 2. The Hall–Kier alpha value is -1.92. The van der Waals surface area contributed by atoms with Crippen molar-refractivity contribution in [1.29, 1.82) is 0 Å². The number of hydroxylamine groups is 1. The summed E-state index contributed by atoms with van der Waals surface area (Å²) in [4.78, 5) is 29.3. The van der Waals surface area contributed by atoms with E-state index >= 15 is 0 Å². The van der Waals surface area contributed by atoms with Crippen LogP contribution in [0, 0.1) is 11.8 Å². The summed E-state index contributed by atoms with van der Waals surface area (Å²) in [7, 11) is 0. The highest BCUT2D eigenvalue weighted by atomic mass is 16.8. The number of rotatable bonds is 5. The molecule has 0 bridgehead atoms. The van der Waals surface area contributed by atoms with Crippen LogP contribution >= 0.6 is 0 Å². The second-order valence-electron chi connectivity index (χ2n) is 6.23. The molecule has 0 radical (unpaired) electrons. The average Bonchev–Trinajstić information content (AvgIpc) is 3.31. The fraction of sp³-hybridized carbons (Fsp3) is 0.529. The molecule has 1 heterocycles. The third-order valence-corrected chi connectivity index (χ3v) is 4.26. The van der Waals surface area contributed by atoms with Crippen LogP contribution in [0.5, 0.6) is 0 Å². The highest BCUT2D eigenvalue weighted by molar-refractivity contribution is 5.98. The van der Waals surface area contributed by atoms with Crippen molar-refractivity contribution in [2.75, 3.05) is 11.9 Å². The van der Waals surface area contributed by atoms with Gasteiger partial charge in [-0.2, -0.15) is 0 Å². The molecule has 1 saturated carbocycles. The summed E-state index contributed by atoms with van der Waals surface area (Å²) in [6.45, 7) is 2.71. The zero-order chi connectivity index (χ0) is 16.2. The largest absolute Gasteiger partial charge is 0.350 e. The molecule has 0 aromatic heterocycles. The molecule has 3 atom stereocenters. The van der Waals surface area contributed by atoms with Gasteiger partial charge < -0.3 is 10.1 Å². The molecule has 2 N–H and O–H groups in total. The van der Waals surface area contributed by atoms with Gasteiger partial charge in [0.25, 0.3) is 5.91 Å². The molecule has 1 aromatic carbocycles. The van der Waals surface area contributed by atoms with Crippen molar-refractivity contribution in [3.63, 3.8) is 0 Å². The number of carbonyl (C=O) groups excluding carboxylic acids is 2. The van der Waals surface area contributed by atoms with E-state index in [0.29, 0.717) is 23.8 Å². The quantitative estimate of drug-likeness (QED) is 0.818. The predicted molar refractivity (Wildman–Crippen MR) is 84.5 cm³/mol. The average molecular weight is 318 g/mol. The molecule has 1 aliphatic carbocycles. The minimum atomic E-state index is -0.382. The molecule has 23 heavy (non-hydrogen) atoms. The minimum Gasteiger partial charge on any atom is -0.350 e. The first kappa shape index (κ1) is 16.0. The van der Waals surface area contributed by atoms with E-state index in [4.69, 9.17) is 9.57 Å². The number of benzene rings is 1. The highest BCUT2D eigenvalue weighted by Gasteiger charge is 2.39. The maximum Gasteiger partial charge on any atom is 0.275 e. The standard InChI is InChI=1S/C17H22N2O4/c1-11-9-14(11)17(21)18-13-6-4-5-12(10-13)16(20)19-23-15-7-2-3-8-22-15/h4-6,10-11,14-15H,2-3,7-9H2,1H3,(H,18,21)(H,19,20). The second-order valence-corrected chi connectivity index (χ2v) is 6.23. The lowest BCUT2D eigenvalue weighted by Crippen LogP contribution is -2.33. The van der Waals surface area contributed by atoms with E-state index in [1.54, 1.807) is 24.3 Å². The molecule has 6 heteroatoms. The van der Waals surface area contributed by atoms with Gasteiger partial charge >= 0.3 is 0 Å². The van der Waals surface area contributed by atoms with Gasteiger partial charge in [-0.3, -0.25) is 9.59 Å². The maximum absolute atomic E-state index is 12.1. The first-order valence-corrected chi connectivity index (χ1v) is 8.12. The van der Waals surface area contributed by atoms with Crippen molar-refractivity contribution in [2.45, 2.75) is 38.9 Å². The van der Waals surface area contributed by atoms with E-state index in [1.165, 1.54) is 0 Å². The third kappa shape index (κ3) is 4.30. The summed E-state index contributed by atoms with van der Waals surface area (Å²) >= 11 is 0. The Labute approximate surface area is 135 Å².